The molecule has 1 aliphatic heterocycles. The van der Waals surface area contributed by atoms with Crippen LogP contribution in [0, 0.1) is 0 Å². The first-order chi connectivity index (χ1) is 11.2. The average molecular weight is 338 g/mol. The third-order valence-electron chi connectivity index (χ3n) is 3.63. The van der Waals surface area contributed by atoms with Gasteiger partial charge in [-0.05, 0) is 33.6 Å². The molecule has 1 fully saturated rings. The maximum Gasteiger partial charge on any atom is 0.410 e. The average Bonchev–Trinajstić information content (AvgIpc) is 2.93. The van der Waals surface area contributed by atoms with E-state index in [1.807, 2.05) is 20.8 Å². The number of amides is 2. The van der Waals surface area contributed by atoms with Crippen LogP contribution in [0.15, 0.2) is 4.52 Å². The monoisotopic (exact) mass is 338 g/mol. The topological polar surface area (TPSA) is 88.8 Å². The van der Waals surface area contributed by atoms with Crippen LogP contribution < -0.4 is 0 Å². The summed E-state index contributed by atoms with van der Waals surface area (Å²) in [5, 5.41) is 3.91. The molecule has 0 N–H and O–H groups in total. The number of likely N-dealkylation sites (N-methyl/N-ethyl adjacent to an activating group) is 1. The Morgan fingerprint density at radius 2 is 2.12 bits per heavy atom. The highest BCUT2D eigenvalue weighted by Crippen LogP contribution is 2.14. The molecule has 2 rings (SSSR count). The van der Waals surface area contributed by atoms with Crippen molar-refractivity contribution in [1.82, 2.24) is 19.9 Å². The van der Waals surface area contributed by atoms with Crippen molar-refractivity contribution in [3.8, 4) is 0 Å². The molecule has 8 nitrogen and oxygen atoms in total. The van der Waals surface area contributed by atoms with Gasteiger partial charge in [-0.3, -0.25) is 4.79 Å². The predicted molar refractivity (Wildman–Crippen MR) is 86.1 cm³/mol. The molecule has 0 unspecified atom stereocenters. The van der Waals surface area contributed by atoms with Gasteiger partial charge in [-0.2, -0.15) is 4.98 Å². The van der Waals surface area contributed by atoms with Crippen molar-refractivity contribution in [1.29, 1.82) is 0 Å². The van der Waals surface area contributed by atoms with Crippen LogP contribution in [-0.2, 0) is 22.5 Å². The van der Waals surface area contributed by atoms with Gasteiger partial charge in [0.05, 0.1) is 6.54 Å². The lowest BCUT2D eigenvalue weighted by Crippen LogP contribution is -2.35. The Hall–Kier alpha value is -2.12. The van der Waals surface area contributed by atoms with Gasteiger partial charge in [0.25, 0.3) is 0 Å². The van der Waals surface area contributed by atoms with Gasteiger partial charge in [-0.25, -0.2) is 4.79 Å². The Balaban J connectivity index is 1.81. The third kappa shape index (κ3) is 5.50. The van der Waals surface area contributed by atoms with Crippen LogP contribution in [0.2, 0.25) is 0 Å². The van der Waals surface area contributed by atoms with Crippen LogP contribution in [0.25, 0.3) is 0 Å². The van der Waals surface area contributed by atoms with Crippen LogP contribution in [0.3, 0.4) is 0 Å². The van der Waals surface area contributed by atoms with Crippen molar-refractivity contribution in [2.45, 2.75) is 58.6 Å². The minimum atomic E-state index is -0.522. The fraction of sp³-hybridized carbons (Fsp3) is 0.750. The van der Waals surface area contributed by atoms with E-state index in [1.54, 1.807) is 11.9 Å². The van der Waals surface area contributed by atoms with E-state index in [4.69, 9.17) is 9.26 Å². The van der Waals surface area contributed by atoms with Crippen molar-refractivity contribution in [3.05, 3.63) is 11.7 Å². The Bertz CT molecular complexity index is 579. The first-order valence-corrected chi connectivity index (χ1v) is 8.28. The lowest BCUT2D eigenvalue weighted by Gasteiger charge is -2.24. The summed E-state index contributed by atoms with van der Waals surface area (Å²) in [5.41, 5.74) is -0.522. The second kappa shape index (κ2) is 7.63. The quantitative estimate of drug-likeness (QED) is 0.816. The lowest BCUT2D eigenvalue weighted by molar-refractivity contribution is -0.134. The molecule has 134 valence electrons. The molecule has 2 amide bonds. The fourth-order valence-corrected chi connectivity index (χ4v) is 2.35. The first-order valence-electron chi connectivity index (χ1n) is 8.28. The lowest BCUT2D eigenvalue weighted by atomic mass is 10.1. The Labute approximate surface area is 142 Å². The standard InChI is InChI=1S/C16H26N4O4/c1-16(2,3)23-15(22)19(4)10-8-12-17-13(24-18-12)11-20-9-6-5-7-14(20)21/h5-11H2,1-4H3. The van der Waals surface area contributed by atoms with Gasteiger partial charge >= 0.3 is 6.09 Å². The SMILES string of the molecule is CN(CCc1noc(CN2CCCCC2=O)n1)C(=O)OC(C)(C)C. The minimum Gasteiger partial charge on any atom is -0.444 e. The normalized spacial score (nSPS) is 15.5. The molecular weight excluding hydrogens is 312 g/mol. The highest BCUT2D eigenvalue weighted by atomic mass is 16.6. The maximum atomic E-state index is 11.9. The molecule has 24 heavy (non-hydrogen) atoms. The summed E-state index contributed by atoms with van der Waals surface area (Å²) in [6, 6.07) is 0. The van der Waals surface area contributed by atoms with E-state index < -0.39 is 5.60 Å². The molecule has 1 aliphatic rings. The van der Waals surface area contributed by atoms with E-state index in [0.29, 0.717) is 37.6 Å². The highest BCUT2D eigenvalue weighted by molar-refractivity contribution is 5.76. The number of carbonyl (C=O) groups is 2. The molecule has 0 spiro atoms. The number of ether oxygens (including phenoxy) is 1. The van der Waals surface area contributed by atoms with E-state index in [9.17, 15) is 9.59 Å². The highest BCUT2D eigenvalue weighted by Gasteiger charge is 2.22. The van der Waals surface area contributed by atoms with Crippen molar-refractivity contribution in [2.75, 3.05) is 20.1 Å². The minimum absolute atomic E-state index is 0.130. The zero-order valence-electron chi connectivity index (χ0n) is 14.9. The van der Waals surface area contributed by atoms with Gasteiger partial charge < -0.3 is 19.1 Å². The zero-order chi connectivity index (χ0) is 17.7. The van der Waals surface area contributed by atoms with Gasteiger partial charge in [-0.1, -0.05) is 5.16 Å². The summed E-state index contributed by atoms with van der Waals surface area (Å²) in [6.45, 7) is 6.99. The number of rotatable bonds is 5. The van der Waals surface area contributed by atoms with Crippen molar-refractivity contribution in [3.63, 3.8) is 0 Å². The van der Waals surface area contributed by atoms with E-state index in [1.165, 1.54) is 4.90 Å². The van der Waals surface area contributed by atoms with Gasteiger partial charge in [0.1, 0.15) is 5.60 Å². The number of likely N-dealkylation sites (tertiary alicyclic amines) is 1. The van der Waals surface area contributed by atoms with E-state index in [0.717, 1.165) is 19.4 Å². The van der Waals surface area contributed by atoms with E-state index >= 15 is 0 Å². The van der Waals surface area contributed by atoms with Crippen LogP contribution in [0.5, 0.6) is 0 Å². The smallest absolute Gasteiger partial charge is 0.410 e. The predicted octanol–water partition coefficient (Wildman–Crippen LogP) is 1.99. The molecule has 1 saturated heterocycles. The first kappa shape index (κ1) is 18.2. The van der Waals surface area contributed by atoms with Gasteiger partial charge in [0.15, 0.2) is 5.82 Å². The summed E-state index contributed by atoms with van der Waals surface area (Å²) in [7, 11) is 1.67. The molecule has 8 heteroatoms. The summed E-state index contributed by atoms with van der Waals surface area (Å²) in [5.74, 6) is 1.08. The molecule has 0 saturated carbocycles. The summed E-state index contributed by atoms with van der Waals surface area (Å²) in [4.78, 5) is 31.2. The molecule has 1 aromatic rings. The number of aromatic nitrogens is 2. The Kier molecular flexibility index (Phi) is 5.80. The van der Waals surface area contributed by atoms with Gasteiger partial charge in [0, 0.05) is 33.0 Å². The Morgan fingerprint density at radius 3 is 2.79 bits per heavy atom. The second-order valence-corrected chi connectivity index (χ2v) is 7.03. The van der Waals surface area contributed by atoms with Crippen LogP contribution in [0.4, 0.5) is 4.79 Å². The number of hydrogen-bond acceptors (Lipinski definition) is 6. The van der Waals surface area contributed by atoms with Crippen LogP contribution in [-0.4, -0.2) is 57.7 Å². The molecule has 2 heterocycles. The maximum absolute atomic E-state index is 11.9. The van der Waals surface area contributed by atoms with E-state index in [2.05, 4.69) is 10.1 Å². The number of nitrogens with zero attached hydrogens (tertiary/aromatic N) is 4. The number of carbonyl (C=O) groups excluding carboxylic acids is 2. The Morgan fingerprint density at radius 1 is 1.38 bits per heavy atom. The van der Waals surface area contributed by atoms with E-state index in [-0.39, 0.29) is 12.0 Å². The van der Waals surface area contributed by atoms with Gasteiger partial charge in [-0.15, -0.1) is 0 Å². The van der Waals surface area contributed by atoms with Crippen molar-refractivity contribution < 1.29 is 18.8 Å². The fourth-order valence-electron chi connectivity index (χ4n) is 2.35. The largest absolute Gasteiger partial charge is 0.444 e. The molecule has 0 atom stereocenters. The second-order valence-electron chi connectivity index (χ2n) is 7.03. The summed E-state index contributed by atoms with van der Waals surface area (Å²) in [6.07, 6.45) is 2.62. The molecule has 0 radical (unpaired) electrons. The summed E-state index contributed by atoms with van der Waals surface area (Å²) >= 11 is 0. The molecular formula is C16H26N4O4. The van der Waals surface area contributed by atoms with Crippen molar-refractivity contribution >= 4 is 12.0 Å². The molecule has 0 bridgehead atoms. The van der Waals surface area contributed by atoms with Gasteiger partial charge in [0.2, 0.25) is 11.8 Å². The molecule has 0 aromatic carbocycles. The molecule has 0 aliphatic carbocycles. The van der Waals surface area contributed by atoms with Crippen molar-refractivity contribution in [2.24, 2.45) is 0 Å². The number of hydrogen-bond donors (Lipinski definition) is 0. The summed E-state index contributed by atoms with van der Waals surface area (Å²) < 4.78 is 10.5. The molecule has 1 aromatic heterocycles. The number of piperidine rings is 1. The van der Waals surface area contributed by atoms with Crippen LogP contribution in [0.1, 0.15) is 51.7 Å². The van der Waals surface area contributed by atoms with Crippen LogP contribution >= 0.6 is 0 Å². The third-order valence-corrected chi connectivity index (χ3v) is 3.63. The zero-order valence-corrected chi connectivity index (χ0v) is 14.9.